The van der Waals surface area contributed by atoms with Crippen molar-refractivity contribution < 1.29 is 22.3 Å². The highest BCUT2D eigenvalue weighted by Crippen LogP contribution is 2.32. The first-order chi connectivity index (χ1) is 18.9. The lowest BCUT2D eigenvalue weighted by atomic mass is 9.95. The molecule has 3 aromatic rings. The molecule has 3 aromatic carbocycles. The fraction of sp³-hybridized carbons (Fsp3) is 0.367. The second-order valence-corrected chi connectivity index (χ2v) is 12.0. The zero-order valence-corrected chi connectivity index (χ0v) is 22.9. The lowest BCUT2D eigenvalue weighted by molar-refractivity contribution is -0.138. The third kappa shape index (κ3) is 5.85. The first-order valence-corrected chi connectivity index (χ1v) is 14.8. The Labute approximate surface area is 229 Å². The second kappa shape index (κ2) is 11.9. The van der Waals surface area contributed by atoms with Gasteiger partial charge in [-0.3, -0.25) is 9.69 Å². The van der Waals surface area contributed by atoms with Crippen LogP contribution in [0.5, 0.6) is 5.75 Å². The number of ether oxygens (including phenoxy) is 1. The van der Waals surface area contributed by atoms with E-state index >= 15 is 0 Å². The average molecular weight is 552 g/mol. The van der Waals surface area contributed by atoms with Crippen molar-refractivity contribution in [2.45, 2.75) is 23.8 Å². The quantitative estimate of drug-likeness (QED) is 0.441. The Bertz CT molecular complexity index is 1330. The van der Waals surface area contributed by atoms with Crippen molar-refractivity contribution in [3.8, 4) is 5.75 Å². The molecule has 0 unspecified atom stereocenters. The zero-order chi connectivity index (χ0) is 27.4. The second-order valence-electron chi connectivity index (χ2n) is 10.1. The van der Waals surface area contributed by atoms with Crippen molar-refractivity contribution in [3.05, 3.63) is 95.8 Å². The lowest BCUT2D eigenvalue weighted by Gasteiger charge is -2.41. The number of halogens is 1. The number of hydrogen-bond donors (Lipinski definition) is 0. The summed E-state index contributed by atoms with van der Waals surface area (Å²) in [6, 6.07) is 24.5. The van der Waals surface area contributed by atoms with Crippen LogP contribution in [0, 0.1) is 11.7 Å². The van der Waals surface area contributed by atoms with Crippen molar-refractivity contribution in [2.24, 2.45) is 5.92 Å². The van der Waals surface area contributed by atoms with Crippen LogP contribution in [-0.4, -0.2) is 74.8 Å². The Balaban J connectivity index is 1.21. The molecular weight excluding hydrogens is 517 g/mol. The SMILES string of the molecule is COc1ccc(F)cc1S(=O)(=O)N1CCC(C(=O)N2CCN(C(c3ccccc3)c3ccccc3)CC2)CC1. The van der Waals surface area contributed by atoms with E-state index in [4.69, 9.17) is 4.74 Å². The van der Waals surface area contributed by atoms with Gasteiger partial charge in [0.2, 0.25) is 15.9 Å². The first kappa shape index (κ1) is 27.3. The monoisotopic (exact) mass is 551 g/mol. The van der Waals surface area contributed by atoms with Gasteiger partial charge in [-0.15, -0.1) is 0 Å². The molecule has 2 saturated heterocycles. The Morgan fingerprint density at radius 3 is 1.95 bits per heavy atom. The summed E-state index contributed by atoms with van der Waals surface area (Å²) in [5.74, 6) is -0.667. The number of benzene rings is 3. The van der Waals surface area contributed by atoms with Crippen LogP contribution in [0.2, 0.25) is 0 Å². The number of amides is 1. The molecule has 2 aliphatic rings. The highest BCUT2D eigenvalue weighted by Gasteiger charge is 2.36. The van der Waals surface area contributed by atoms with Crippen LogP contribution in [0.15, 0.2) is 83.8 Å². The van der Waals surface area contributed by atoms with Gasteiger partial charge < -0.3 is 9.64 Å². The van der Waals surface area contributed by atoms with Gasteiger partial charge in [0.1, 0.15) is 16.5 Å². The van der Waals surface area contributed by atoms with Crippen LogP contribution in [0.3, 0.4) is 0 Å². The predicted molar refractivity (Wildman–Crippen MR) is 147 cm³/mol. The Morgan fingerprint density at radius 1 is 0.846 bits per heavy atom. The standard InChI is InChI=1S/C30H34FN3O4S/c1-38-27-13-12-26(31)22-28(27)39(36,37)34-16-14-25(15-17-34)30(35)33-20-18-32(19-21-33)29(23-8-4-2-5-9-23)24-10-6-3-7-11-24/h2-13,22,25,29H,14-21H2,1H3. The molecule has 0 spiro atoms. The van der Waals surface area contributed by atoms with E-state index in [-0.39, 0.29) is 41.6 Å². The number of piperidine rings is 1. The van der Waals surface area contributed by atoms with Gasteiger partial charge >= 0.3 is 0 Å². The maximum absolute atomic E-state index is 13.8. The number of hydrogen-bond acceptors (Lipinski definition) is 5. The molecule has 1 amide bonds. The lowest BCUT2D eigenvalue weighted by Crippen LogP contribution is -2.52. The number of carbonyl (C=O) groups is 1. The highest BCUT2D eigenvalue weighted by atomic mass is 32.2. The summed E-state index contributed by atoms with van der Waals surface area (Å²) in [6.07, 6.45) is 0.874. The van der Waals surface area contributed by atoms with E-state index in [0.717, 1.165) is 19.2 Å². The third-order valence-corrected chi connectivity index (χ3v) is 9.69. The molecule has 9 heteroatoms. The zero-order valence-electron chi connectivity index (χ0n) is 22.1. The fourth-order valence-corrected chi connectivity index (χ4v) is 7.31. The van der Waals surface area contributed by atoms with Gasteiger partial charge in [-0.05, 0) is 42.2 Å². The first-order valence-electron chi connectivity index (χ1n) is 13.3. The molecule has 0 radical (unpaired) electrons. The number of sulfonamides is 1. The molecule has 0 saturated carbocycles. The van der Waals surface area contributed by atoms with E-state index in [1.807, 2.05) is 17.0 Å². The number of methoxy groups -OCH3 is 1. The van der Waals surface area contributed by atoms with E-state index in [1.54, 1.807) is 0 Å². The molecule has 5 rings (SSSR count). The van der Waals surface area contributed by atoms with Crippen LogP contribution in [0.4, 0.5) is 4.39 Å². The summed E-state index contributed by atoms with van der Waals surface area (Å²) >= 11 is 0. The van der Waals surface area contributed by atoms with Gasteiger partial charge in [-0.1, -0.05) is 60.7 Å². The number of carbonyl (C=O) groups excluding carboxylic acids is 1. The molecule has 2 fully saturated rings. The number of rotatable bonds is 7. The Morgan fingerprint density at radius 2 is 1.41 bits per heavy atom. The highest BCUT2D eigenvalue weighted by molar-refractivity contribution is 7.89. The minimum atomic E-state index is -3.93. The molecule has 39 heavy (non-hydrogen) atoms. The summed E-state index contributed by atoms with van der Waals surface area (Å²) in [5.41, 5.74) is 2.46. The molecule has 7 nitrogen and oxygen atoms in total. The molecule has 2 heterocycles. The molecule has 206 valence electrons. The van der Waals surface area contributed by atoms with E-state index in [9.17, 15) is 17.6 Å². The van der Waals surface area contributed by atoms with E-state index in [0.29, 0.717) is 25.9 Å². The van der Waals surface area contributed by atoms with Crippen LogP contribution in [-0.2, 0) is 14.8 Å². The third-order valence-electron chi connectivity index (χ3n) is 7.77. The minimum absolute atomic E-state index is 0.0889. The van der Waals surface area contributed by atoms with Crippen molar-refractivity contribution in [2.75, 3.05) is 46.4 Å². The van der Waals surface area contributed by atoms with Gasteiger partial charge in [0.25, 0.3) is 0 Å². The predicted octanol–water partition coefficient (Wildman–Crippen LogP) is 4.17. The largest absolute Gasteiger partial charge is 0.495 e. The van der Waals surface area contributed by atoms with Crippen LogP contribution < -0.4 is 4.74 Å². The van der Waals surface area contributed by atoms with Crippen LogP contribution in [0.25, 0.3) is 0 Å². The Kier molecular flexibility index (Phi) is 8.30. The Hall–Kier alpha value is -3.27. The van der Waals surface area contributed by atoms with Gasteiger partial charge in [0, 0.05) is 45.2 Å². The molecular formula is C30H34FN3O4S. The van der Waals surface area contributed by atoms with E-state index in [2.05, 4.69) is 53.4 Å². The van der Waals surface area contributed by atoms with Gasteiger partial charge in [0.05, 0.1) is 13.2 Å². The van der Waals surface area contributed by atoms with Gasteiger partial charge in [-0.25, -0.2) is 12.8 Å². The summed E-state index contributed by atoms with van der Waals surface area (Å²) in [4.78, 5) is 17.6. The molecule has 0 atom stereocenters. The van der Waals surface area contributed by atoms with Crippen molar-refractivity contribution in [3.63, 3.8) is 0 Å². The van der Waals surface area contributed by atoms with Crippen LogP contribution in [0.1, 0.15) is 30.0 Å². The molecule has 0 aromatic heterocycles. The number of nitrogens with zero attached hydrogens (tertiary/aromatic N) is 3. The van der Waals surface area contributed by atoms with Crippen molar-refractivity contribution >= 4 is 15.9 Å². The van der Waals surface area contributed by atoms with Crippen molar-refractivity contribution in [1.29, 1.82) is 0 Å². The average Bonchev–Trinajstić information content (AvgIpc) is 2.98. The van der Waals surface area contributed by atoms with Crippen LogP contribution >= 0.6 is 0 Å². The smallest absolute Gasteiger partial charge is 0.246 e. The van der Waals surface area contributed by atoms with E-state index < -0.39 is 15.8 Å². The van der Waals surface area contributed by atoms with E-state index in [1.165, 1.54) is 34.7 Å². The molecule has 0 N–H and O–H groups in total. The number of piperazine rings is 1. The summed E-state index contributed by atoms with van der Waals surface area (Å²) < 4.78 is 46.7. The fourth-order valence-electron chi connectivity index (χ4n) is 5.68. The summed E-state index contributed by atoms with van der Waals surface area (Å²) in [6.45, 7) is 3.20. The van der Waals surface area contributed by atoms with Gasteiger partial charge in [0.15, 0.2) is 0 Å². The maximum Gasteiger partial charge on any atom is 0.246 e. The molecule has 0 aliphatic carbocycles. The summed E-state index contributed by atoms with van der Waals surface area (Å²) in [5, 5.41) is 0. The molecule has 0 bridgehead atoms. The minimum Gasteiger partial charge on any atom is -0.495 e. The maximum atomic E-state index is 13.8. The topological polar surface area (TPSA) is 70.2 Å². The van der Waals surface area contributed by atoms with Gasteiger partial charge in [-0.2, -0.15) is 4.31 Å². The summed E-state index contributed by atoms with van der Waals surface area (Å²) in [7, 11) is -2.57. The normalized spacial score (nSPS) is 17.9. The molecule has 2 aliphatic heterocycles. The van der Waals surface area contributed by atoms with Crippen molar-refractivity contribution in [1.82, 2.24) is 14.1 Å².